The minimum absolute atomic E-state index is 0.139. The van der Waals surface area contributed by atoms with E-state index in [9.17, 15) is 8.42 Å². The van der Waals surface area contributed by atoms with Crippen molar-refractivity contribution in [2.24, 2.45) is 5.41 Å². The van der Waals surface area contributed by atoms with Crippen LogP contribution in [0.25, 0.3) is 0 Å². The molecular formula is C8H17NO3S. The molecule has 1 saturated heterocycles. The second kappa shape index (κ2) is 3.55. The Morgan fingerprint density at radius 3 is 2.38 bits per heavy atom. The van der Waals surface area contributed by atoms with Gasteiger partial charge in [0.1, 0.15) is 0 Å². The SMILES string of the molecule is CC(C)(C)CS(=O)(=O)N1CCCO1. The predicted molar refractivity (Wildman–Crippen MR) is 50.5 cm³/mol. The molecule has 0 aromatic carbocycles. The highest BCUT2D eigenvalue weighted by atomic mass is 32.2. The predicted octanol–water partition coefficient (Wildman–Crippen LogP) is 1.000. The normalized spacial score (nSPS) is 20.8. The topological polar surface area (TPSA) is 46.6 Å². The molecule has 0 N–H and O–H groups in total. The van der Waals surface area contributed by atoms with Crippen molar-refractivity contribution < 1.29 is 13.3 Å². The van der Waals surface area contributed by atoms with Gasteiger partial charge in [0.15, 0.2) is 0 Å². The third-order valence-electron chi connectivity index (χ3n) is 1.65. The van der Waals surface area contributed by atoms with Crippen LogP contribution in [0.1, 0.15) is 27.2 Å². The number of hydroxylamine groups is 1. The fraction of sp³-hybridized carbons (Fsp3) is 1.00. The third-order valence-corrected chi connectivity index (χ3v) is 3.79. The van der Waals surface area contributed by atoms with Gasteiger partial charge in [-0.15, -0.1) is 0 Å². The van der Waals surface area contributed by atoms with Gasteiger partial charge in [0.05, 0.1) is 12.4 Å². The zero-order valence-corrected chi connectivity index (χ0v) is 9.23. The molecule has 1 rings (SSSR count). The van der Waals surface area contributed by atoms with Crippen LogP contribution in [0.3, 0.4) is 0 Å². The zero-order chi connectivity index (χ0) is 10.1. The maximum absolute atomic E-state index is 11.6. The van der Waals surface area contributed by atoms with E-state index in [2.05, 4.69) is 0 Å². The van der Waals surface area contributed by atoms with Crippen molar-refractivity contribution in [1.82, 2.24) is 4.47 Å². The van der Waals surface area contributed by atoms with Gasteiger partial charge in [-0.3, -0.25) is 4.84 Å². The molecule has 0 aromatic heterocycles. The molecule has 0 unspecified atom stereocenters. The summed E-state index contributed by atoms with van der Waals surface area (Å²) in [4.78, 5) is 5.01. The molecule has 0 atom stereocenters. The Bertz CT molecular complexity index is 260. The summed E-state index contributed by atoms with van der Waals surface area (Å²) >= 11 is 0. The van der Waals surface area contributed by atoms with Crippen molar-refractivity contribution in [3.63, 3.8) is 0 Å². The number of hydrogen-bond acceptors (Lipinski definition) is 3. The first-order valence-corrected chi connectivity index (χ1v) is 6.05. The van der Waals surface area contributed by atoms with Crippen LogP contribution in [0.2, 0.25) is 0 Å². The molecule has 1 aliphatic heterocycles. The van der Waals surface area contributed by atoms with Crippen molar-refractivity contribution in [2.75, 3.05) is 18.9 Å². The Labute approximate surface area is 79.9 Å². The van der Waals surface area contributed by atoms with Crippen LogP contribution >= 0.6 is 0 Å². The summed E-state index contributed by atoms with van der Waals surface area (Å²) in [6, 6.07) is 0. The molecule has 0 bridgehead atoms. The van der Waals surface area contributed by atoms with Gasteiger partial charge in [-0.1, -0.05) is 25.2 Å². The second-order valence-corrected chi connectivity index (χ2v) is 6.39. The average molecular weight is 207 g/mol. The lowest BCUT2D eigenvalue weighted by Gasteiger charge is -2.21. The van der Waals surface area contributed by atoms with E-state index < -0.39 is 10.0 Å². The van der Waals surface area contributed by atoms with E-state index in [1.54, 1.807) is 0 Å². The summed E-state index contributed by atoms with van der Waals surface area (Å²) in [5, 5.41) is 0. The Morgan fingerprint density at radius 2 is 2.00 bits per heavy atom. The van der Waals surface area contributed by atoms with E-state index in [1.807, 2.05) is 20.8 Å². The standard InChI is InChI=1S/C8H17NO3S/c1-8(2,3)7-13(10,11)9-5-4-6-12-9/h4-7H2,1-3H3. The molecule has 13 heavy (non-hydrogen) atoms. The van der Waals surface area contributed by atoms with Gasteiger partial charge in [0.2, 0.25) is 10.0 Å². The van der Waals surface area contributed by atoms with E-state index in [1.165, 1.54) is 0 Å². The van der Waals surface area contributed by atoms with Gasteiger partial charge in [0.25, 0.3) is 0 Å². The minimum atomic E-state index is -3.21. The third kappa shape index (κ3) is 3.25. The highest BCUT2D eigenvalue weighted by Gasteiger charge is 2.30. The van der Waals surface area contributed by atoms with Crippen LogP contribution in [0.4, 0.5) is 0 Å². The quantitative estimate of drug-likeness (QED) is 0.678. The molecule has 0 aliphatic carbocycles. The smallest absolute Gasteiger partial charge is 0.236 e. The monoisotopic (exact) mass is 207 g/mol. The van der Waals surface area contributed by atoms with Crippen LogP contribution < -0.4 is 0 Å². The Balaban J connectivity index is 2.66. The van der Waals surface area contributed by atoms with Gasteiger partial charge in [0, 0.05) is 6.54 Å². The van der Waals surface area contributed by atoms with Gasteiger partial charge >= 0.3 is 0 Å². The molecule has 0 saturated carbocycles. The van der Waals surface area contributed by atoms with Crippen LogP contribution in [-0.4, -0.2) is 31.8 Å². The van der Waals surface area contributed by atoms with Crippen LogP contribution in [0.15, 0.2) is 0 Å². The summed E-state index contributed by atoms with van der Waals surface area (Å²) in [6.07, 6.45) is 0.795. The fourth-order valence-electron chi connectivity index (χ4n) is 1.26. The minimum Gasteiger partial charge on any atom is -0.284 e. The molecule has 0 radical (unpaired) electrons. The first-order chi connectivity index (χ1) is 5.81. The molecule has 5 heteroatoms. The summed E-state index contributed by atoms with van der Waals surface area (Å²) in [5.41, 5.74) is -0.217. The number of hydrogen-bond donors (Lipinski definition) is 0. The van der Waals surface area contributed by atoms with E-state index in [0.717, 1.165) is 10.9 Å². The number of sulfonamides is 1. The Morgan fingerprint density at radius 1 is 1.38 bits per heavy atom. The maximum atomic E-state index is 11.6. The van der Waals surface area contributed by atoms with Crippen LogP contribution in [0, 0.1) is 5.41 Å². The van der Waals surface area contributed by atoms with Gasteiger partial charge in [-0.05, 0) is 11.8 Å². The molecule has 1 aliphatic rings. The lowest BCUT2D eigenvalue weighted by molar-refractivity contribution is -0.0290. The Hall–Kier alpha value is -0.130. The van der Waals surface area contributed by atoms with E-state index in [-0.39, 0.29) is 11.2 Å². The molecule has 0 spiro atoms. The Kier molecular flexibility index (Phi) is 2.99. The van der Waals surface area contributed by atoms with Crippen molar-refractivity contribution in [3.05, 3.63) is 0 Å². The lowest BCUT2D eigenvalue weighted by Crippen LogP contribution is -2.34. The van der Waals surface area contributed by atoms with Gasteiger partial charge in [-0.25, -0.2) is 8.42 Å². The van der Waals surface area contributed by atoms with Gasteiger partial charge < -0.3 is 0 Å². The molecule has 0 amide bonds. The van der Waals surface area contributed by atoms with E-state index >= 15 is 0 Å². The molecule has 1 fully saturated rings. The zero-order valence-electron chi connectivity index (χ0n) is 8.41. The molecule has 78 valence electrons. The first-order valence-electron chi connectivity index (χ1n) is 4.45. The number of rotatable bonds is 2. The first kappa shape index (κ1) is 10.9. The second-order valence-electron chi connectivity index (χ2n) is 4.53. The lowest BCUT2D eigenvalue weighted by atomic mass is 10.0. The number of nitrogens with zero attached hydrogens (tertiary/aromatic N) is 1. The summed E-state index contributed by atoms with van der Waals surface area (Å²) < 4.78 is 24.4. The van der Waals surface area contributed by atoms with Crippen molar-refractivity contribution >= 4 is 10.0 Å². The summed E-state index contributed by atoms with van der Waals surface area (Å²) in [5.74, 6) is 0.139. The highest BCUT2D eigenvalue weighted by molar-refractivity contribution is 7.89. The average Bonchev–Trinajstić information content (AvgIpc) is 2.29. The largest absolute Gasteiger partial charge is 0.284 e. The van der Waals surface area contributed by atoms with Crippen LogP contribution in [-0.2, 0) is 14.9 Å². The molecule has 4 nitrogen and oxygen atoms in total. The van der Waals surface area contributed by atoms with E-state index in [4.69, 9.17) is 4.84 Å². The molecule has 0 aromatic rings. The van der Waals surface area contributed by atoms with E-state index in [0.29, 0.717) is 13.2 Å². The summed E-state index contributed by atoms with van der Waals surface area (Å²) in [6.45, 7) is 6.73. The maximum Gasteiger partial charge on any atom is 0.236 e. The molecular weight excluding hydrogens is 190 g/mol. The van der Waals surface area contributed by atoms with Crippen molar-refractivity contribution in [2.45, 2.75) is 27.2 Å². The summed E-state index contributed by atoms with van der Waals surface area (Å²) in [7, 11) is -3.21. The fourth-order valence-corrected chi connectivity index (χ4v) is 3.14. The highest BCUT2D eigenvalue weighted by Crippen LogP contribution is 2.20. The van der Waals surface area contributed by atoms with Crippen molar-refractivity contribution in [1.29, 1.82) is 0 Å². The van der Waals surface area contributed by atoms with Crippen molar-refractivity contribution in [3.8, 4) is 0 Å². The van der Waals surface area contributed by atoms with Gasteiger partial charge in [-0.2, -0.15) is 0 Å². The molecule has 1 heterocycles. The van der Waals surface area contributed by atoms with Crippen LogP contribution in [0.5, 0.6) is 0 Å².